The first kappa shape index (κ1) is 30.7. The van der Waals surface area contributed by atoms with Crippen molar-refractivity contribution in [3.8, 4) is 33.7 Å². The van der Waals surface area contributed by atoms with Gasteiger partial charge < -0.3 is 13.7 Å². The molecule has 3 aromatic heterocycles. The second kappa shape index (κ2) is 12.3. The standard InChI is InChI=1S/C49H30N2O2S/c1-3-13-31(14-4-1)34-17-11-18-36(29-34)51(35-27-25-32(26-28-35)37-21-12-22-39-38-19-8-10-24-44(38)54-48(37)39)41-30-43-45(40-20-7-9-23-42(40)52-43)47-46(41)50-49(53-47)33-15-5-2-6-16-33/h1-30H. The molecule has 0 fully saturated rings. The molecular weight excluding hydrogens is 681 g/mol. The third-order valence-electron chi connectivity index (χ3n) is 10.3. The summed E-state index contributed by atoms with van der Waals surface area (Å²) >= 11 is 1.85. The van der Waals surface area contributed by atoms with Gasteiger partial charge in [0.2, 0.25) is 5.89 Å². The molecule has 0 aliphatic rings. The lowest BCUT2D eigenvalue weighted by molar-refractivity contribution is 0.622. The van der Waals surface area contributed by atoms with Gasteiger partial charge >= 0.3 is 0 Å². The number of furan rings is 1. The zero-order valence-corrected chi connectivity index (χ0v) is 29.8. The first-order valence-corrected chi connectivity index (χ1v) is 18.8. The van der Waals surface area contributed by atoms with Crippen molar-refractivity contribution in [1.82, 2.24) is 4.98 Å². The molecule has 0 N–H and O–H groups in total. The summed E-state index contributed by atoms with van der Waals surface area (Å²) in [5.41, 5.74) is 11.4. The number of benzene rings is 8. The molecule has 3 heterocycles. The van der Waals surface area contributed by atoms with Crippen LogP contribution in [0.5, 0.6) is 0 Å². The van der Waals surface area contributed by atoms with E-state index in [1.165, 1.54) is 31.3 Å². The minimum Gasteiger partial charge on any atom is -0.456 e. The van der Waals surface area contributed by atoms with E-state index in [-0.39, 0.29) is 0 Å². The summed E-state index contributed by atoms with van der Waals surface area (Å²) in [5.74, 6) is 0.564. The van der Waals surface area contributed by atoms with Crippen LogP contribution < -0.4 is 4.90 Å². The molecule has 8 aromatic carbocycles. The molecule has 4 nitrogen and oxygen atoms in total. The summed E-state index contributed by atoms with van der Waals surface area (Å²) in [5, 5.41) is 4.51. The van der Waals surface area contributed by atoms with Crippen molar-refractivity contribution < 1.29 is 8.83 Å². The van der Waals surface area contributed by atoms with Gasteiger partial charge in [-0.3, -0.25) is 0 Å². The third kappa shape index (κ3) is 4.94. The van der Waals surface area contributed by atoms with Crippen molar-refractivity contribution in [2.24, 2.45) is 0 Å². The molecule has 254 valence electrons. The number of rotatable bonds is 6. The first-order chi connectivity index (χ1) is 26.8. The summed E-state index contributed by atoms with van der Waals surface area (Å²) in [6, 6.07) is 63.7. The molecule has 0 saturated carbocycles. The van der Waals surface area contributed by atoms with Crippen LogP contribution in [0.15, 0.2) is 191 Å². The zero-order chi connectivity index (χ0) is 35.6. The number of aromatic nitrogens is 1. The maximum absolute atomic E-state index is 6.74. The van der Waals surface area contributed by atoms with E-state index in [0.29, 0.717) is 11.5 Å². The third-order valence-corrected chi connectivity index (χ3v) is 11.5. The number of fused-ring (bicyclic) bond motifs is 8. The van der Waals surface area contributed by atoms with E-state index in [1.54, 1.807) is 0 Å². The molecule has 0 radical (unpaired) electrons. The van der Waals surface area contributed by atoms with Crippen molar-refractivity contribution in [1.29, 1.82) is 0 Å². The molecule has 0 atom stereocenters. The highest BCUT2D eigenvalue weighted by Gasteiger charge is 2.25. The Kier molecular flexibility index (Phi) is 7.00. The van der Waals surface area contributed by atoms with E-state index >= 15 is 0 Å². The van der Waals surface area contributed by atoms with Gasteiger partial charge in [-0.15, -0.1) is 11.3 Å². The largest absolute Gasteiger partial charge is 0.456 e. The molecule has 5 heteroatoms. The first-order valence-electron chi connectivity index (χ1n) is 18.0. The minimum atomic E-state index is 0.564. The van der Waals surface area contributed by atoms with E-state index in [0.717, 1.165) is 61.2 Å². The number of thiophene rings is 1. The van der Waals surface area contributed by atoms with E-state index in [1.807, 2.05) is 59.9 Å². The van der Waals surface area contributed by atoms with Gasteiger partial charge in [0.1, 0.15) is 16.7 Å². The smallest absolute Gasteiger partial charge is 0.227 e. The van der Waals surface area contributed by atoms with Crippen LogP contribution >= 0.6 is 11.3 Å². The van der Waals surface area contributed by atoms with Crippen LogP contribution in [0.2, 0.25) is 0 Å². The fourth-order valence-corrected chi connectivity index (χ4v) is 9.02. The lowest BCUT2D eigenvalue weighted by Crippen LogP contribution is -2.10. The van der Waals surface area contributed by atoms with Gasteiger partial charge in [-0.2, -0.15) is 0 Å². The Bertz CT molecular complexity index is 3160. The number of anilines is 3. The highest BCUT2D eigenvalue weighted by atomic mass is 32.1. The lowest BCUT2D eigenvalue weighted by Gasteiger charge is -2.26. The number of para-hydroxylation sites is 1. The summed E-state index contributed by atoms with van der Waals surface area (Å²) in [7, 11) is 0. The number of nitrogens with zero attached hydrogens (tertiary/aromatic N) is 2. The molecule has 0 unspecified atom stereocenters. The summed E-state index contributed by atoms with van der Waals surface area (Å²) < 4.78 is 15.9. The van der Waals surface area contributed by atoms with Crippen molar-refractivity contribution in [2.45, 2.75) is 0 Å². The van der Waals surface area contributed by atoms with E-state index in [2.05, 4.69) is 138 Å². The SMILES string of the molecule is c1ccc(-c2cccc(N(c3ccc(-c4cccc5c4sc4ccccc45)cc3)c3cc4oc5ccccc5c4c4oc(-c5ccccc5)nc34)c2)cc1. The van der Waals surface area contributed by atoms with E-state index < -0.39 is 0 Å². The molecule has 0 aliphatic heterocycles. The van der Waals surface area contributed by atoms with Gasteiger partial charge in [-0.05, 0) is 70.8 Å². The number of oxazole rings is 1. The van der Waals surface area contributed by atoms with Crippen molar-refractivity contribution in [2.75, 3.05) is 4.90 Å². The van der Waals surface area contributed by atoms with Crippen LogP contribution in [0, 0.1) is 0 Å². The molecule has 11 rings (SSSR count). The van der Waals surface area contributed by atoms with Crippen LogP contribution in [0.25, 0.3) is 86.9 Å². The Labute approximate surface area is 314 Å². The normalized spacial score (nSPS) is 11.7. The van der Waals surface area contributed by atoms with Crippen molar-refractivity contribution in [3.05, 3.63) is 182 Å². The van der Waals surface area contributed by atoms with E-state index in [9.17, 15) is 0 Å². The Morgan fingerprint density at radius 2 is 1.15 bits per heavy atom. The predicted octanol–water partition coefficient (Wildman–Crippen LogP) is 14.6. The second-order valence-electron chi connectivity index (χ2n) is 13.5. The van der Waals surface area contributed by atoms with Crippen molar-refractivity contribution in [3.63, 3.8) is 0 Å². The van der Waals surface area contributed by atoms with Crippen LogP contribution in [-0.4, -0.2) is 4.98 Å². The van der Waals surface area contributed by atoms with Gasteiger partial charge in [-0.1, -0.05) is 127 Å². The van der Waals surface area contributed by atoms with Gasteiger partial charge in [0.15, 0.2) is 5.58 Å². The van der Waals surface area contributed by atoms with Crippen LogP contribution in [0.1, 0.15) is 0 Å². The summed E-state index contributed by atoms with van der Waals surface area (Å²) in [6.07, 6.45) is 0. The monoisotopic (exact) mass is 710 g/mol. The van der Waals surface area contributed by atoms with Gasteiger partial charge in [0.05, 0.1) is 11.1 Å². The Morgan fingerprint density at radius 3 is 1.98 bits per heavy atom. The molecule has 0 amide bonds. The molecule has 0 saturated heterocycles. The quantitative estimate of drug-likeness (QED) is 0.172. The summed E-state index contributed by atoms with van der Waals surface area (Å²) in [4.78, 5) is 7.52. The van der Waals surface area contributed by atoms with Crippen LogP contribution in [0.4, 0.5) is 17.1 Å². The minimum absolute atomic E-state index is 0.564. The average Bonchev–Trinajstić information content (AvgIpc) is 3.96. The maximum Gasteiger partial charge on any atom is 0.227 e. The topological polar surface area (TPSA) is 42.4 Å². The molecular formula is C49H30N2O2S. The fourth-order valence-electron chi connectivity index (χ4n) is 7.78. The molecule has 0 spiro atoms. The Balaban J connectivity index is 1.15. The van der Waals surface area contributed by atoms with E-state index in [4.69, 9.17) is 13.8 Å². The lowest BCUT2D eigenvalue weighted by atomic mass is 10.0. The van der Waals surface area contributed by atoms with Crippen molar-refractivity contribution >= 4 is 81.6 Å². The Hall–Kier alpha value is -6.95. The number of hydrogen-bond donors (Lipinski definition) is 0. The maximum atomic E-state index is 6.74. The fraction of sp³-hybridized carbons (Fsp3) is 0. The predicted molar refractivity (Wildman–Crippen MR) is 225 cm³/mol. The summed E-state index contributed by atoms with van der Waals surface area (Å²) in [6.45, 7) is 0. The van der Waals surface area contributed by atoms with Gasteiger partial charge in [0.25, 0.3) is 0 Å². The Morgan fingerprint density at radius 1 is 0.463 bits per heavy atom. The highest BCUT2D eigenvalue weighted by Crippen LogP contribution is 2.47. The van der Waals surface area contributed by atoms with Gasteiger partial charge in [-0.25, -0.2) is 4.98 Å². The molecule has 54 heavy (non-hydrogen) atoms. The second-order valence-corrected chi connectivity index (χ2v) is 14.6. The highest BCUT2D eigenvalue weighted by molar-refractivity contribution is 7.26. The zero-order valence-electron chi connectivity index (χ0n) is 28.9. The van der Waals surface area contributed by atoms with Crippen LogP contribution in [0.3, 0.4) is 0 Å². The molecule has 11 aromatic rings. The molecule has 0 aliphatic carbocycles. The molecule has 0 bridgehead atoms. The van der Waals surface area contributed by atoms with Gasteiger partial charge in [0, 0.05) is 48.6 Å². The van der Waals surface area contributed by atoms with Crippen LogP contribution in [-0.2, 0) is 0 Å². The number of hydrogen-bond acceptors (Lipinski definition) is 5. The average molecular weight is 711 g/mol.